The van der Waals surface area contributed by atoms with Crippen molar-refractivity contribution >= 4 is 27.3 Å². The number of halogens is 1. The van der Waals surface area contributed by atoms with Crippen LogP contribution in [0.2, 0.25) is 0 Å². The van der Waals surface area contributed by atoms with Crippen molar-refractivity contribution in [3.05, 3.63) is 90.2 Å². The topological polar surface area (TPSA) is 88.1 Å². The van der Waals surface area contributed by atoms with Gasteiger partial charge in [0.05, 0.1) is 23.4 Å². The fourth-order valence-electron chi connectivity index (χ4n) is 2.92. The number of rotatable bonds is 8. The molecule has 166 valence electrons. The lowest BCUT2D eigenvalue weighted by Crippen LogP contribution is -2.40. The molecule has 0 saturated carbocycles. The minimum atomic E-state index is -4.07. The van der Waals surface area contributed by atoms with Crippen LogP contribution in [-0.2, 0) is 14.8 Å². The van der Waals surface area contributed by atoms with E-state index in [1.165, 1.54) is 43.5 Å². The lowest BCUT2D eigenvalue weighted by atomic mass is 10.1. The summed E-state index contributed by atoms with van der Waals surface area (Å²) in [7, 11) is -2.66. The zero-order valence-electron chi connectivity index (χ0n) is 17.5. The minimum Gasteiger partial charge on any atom is -0.495 e. The van der Waals surface area contributed by atoms with Gasteiger partial charge < -0.3 is 4.74 Å². The maximum absolute atomic E-state index is 13.3. The Morgan fingerprint density at radius 3 is 2.28 bits per heavy atom. The molecule has 0 aliphatic heterocycles. The molecule has 0 aliphatic rings. The summed E-state index contributed by atoms with van der Waals surface area (Å²) in [5, 5.41) is 4.01. The van der Waals surface area contributed by atoms with Crippen LogP contribution in [0.1, 0.15) is 12.5 Å². The molecule has 1 N–H and O–H groups in total. The highest BCUT2D eigenvalue weighted by atomic mass is 32.2. The van der Waals surface area contributed by atoms with Crippen molar-refractivity contribution in [2.75, 3.05) is 18.0 Å². The van der Waals surface area contributed by atoms with E-state index in [4.69, 9.17) is 4.74 Å². The van der Waals surface area contributed by atoms with E-state index in [0.717, 1.165) is 4.31 Å². The Hall–Kier alpha value is -3.72. The number of hydrogen-bond acceptors (Lipinski definition) is 5. The van der Waals surface area contributed by atoms with E-state index in [-0.39, 0.29) is 16.4 Å². The number of hydrazone groups is 1. The van der Waals surface area contributed by atoms with Crippen LogP contribution in [0.3, 0.4) is 0 Å². The highest BCUT2D eigenvalue weighted by Gasteiger charge is 2.29. The maximum Gasteiger partial charge on any atom is 0.264 e. The Balaban J connectivity index is 1.90. The van der Waals surface area contributed by atoms with Crippen molar-refractivity contribution in [2.24, 2.45) is 5.10 Å². The number of nitrogens with one attached hydrogen (secondary N) is 1. The molecule has 3 rings (SSSR count). The summed E-state index contributed by atoms with van der Waals surface area (Å²) >= 11 is 0. The van der Waals surface area contributed by atoms with E-state index < -0.39 is 22.5 Å². The molecule has 7 nitrogen and oxygen atoms in total. The lowest BCUT2D eigenvalue weighted by molar-refractivity contribution is -0.119. The monoisotopic (exact) mass is 455 g/mol. The standard InChI is InChI=1S/C23H22FN3O4S/c1-17(18-12-14-19(24)15-13-18)25-26-23(28)16-27(21-10-6-7-11-22(21)31-2)32(29,30)20-8-4-3-5-9-20/h3-15H,16H2,1-2H3,(H,26,28)/b25-17-. The van der Waals surface area contributed by atoms with Gasteiger partial charge in [0.1, 0.15) is 18.1 Å². The molecule has 0 atom stereocenters. The van der Waals surface area contributed by atoms with E-state index in [1.807, 2.05) is 0 Å². The number of carbonyl (C=O) groups is 1. The molecule has 0 bridgehead atoms. The molecule has 0 radical (unpaired) electrons. The van der Waals surface area contributed by atoms with E-state index in [1.54, 1.807) is 49.4 Å². The Labute approximate surface area is 186 Å². The van der Waals surface area contributed by atoms with Gasteiger partial charge in [-0.2, -0.15) is 5.10 Å². The van der Waals surface area contributed by atoms with Gasteiger partial charge in [-0.25, -0.2) is 18.2 Å². The van der Waals surface area contributed by atoms with Gasteiger partial charge in [-0.15, -0.1) is 0 Å². The van der Waals surface area contributed by atoms with E-state index in [9.17, 15) is 17.6 Å². The van der Waals surface area contributed by atoms with Gasteiger partial charge in [0.15, 0.2) is 0 Å². The molecule has 0 fully saturated rings. The van der Waals surface area contributed by atoms with Crippen LogP contribution in [0, 0.1) is 5.82 Å². The molecule has 3 aromatic carbocycles. The average Bonchev–Trinajstić information content (AvgIpc) is 2.82. The highest BCUT2D eigenvalue weighted by Crippen LogP contribution is 2.32. The number of amides is 1. The first-order chi connectivity index (χ1) is 15.3. The summed E-state index contributed by atoms with van der Waals surface area (Å²) < 4.78 is 46.1. The predicted octanol–water partition coefficient (Wildman–Crippen LogP) is 3.57. The van der Waals surface area contributed by atoms with Crippen LogP contribution in [0.15, 0.2) is 88.9 Å². The van der Waals surface area contributed by atoms with Gasteiger partial charge in [0, 0.05) is 0 Å². The first-order valence-corrected chi connectivity index (χ1v) is 11.1. The molecule has 0 heterocycles. The van der Waals surface area contributed by atoms with Crippen LogP contribution in [0.25, 0.3) is 0 Å². The lowest BCUT2D eigenvalue weighted by Gasteiger charge is -2.25. The molecule has 0 saturated heterocycles. The number of sulfonamides is 1. The Morgan fingerprint density at radius 2 is 1.62 bits per heavy atom. The number of nitrogens with zero attached hydrogens (tertiary/aromatic N) is 2. The quantitative estimate of drug-likeness (QED) is 0.416. The van der Waals surface area contributed by atoms with Crippen LogP contribution >= 0.6 is 0 Å². The largest absolute Gasteiger partial charge is 0.495 e. The second-order valence-electron chi connectivity index (χ2n) is 6.74. The number of ether oxygens (including phenoxy) is 1. The van der Waals surface area contributed by atoms with Crippen molar-refractivity contribution in [1.82, 2.24) is 5.43 Å². The van der Waals surface area contributed by atoms with E-state index >= 15 is 0 Å². The maximum atomic E-state index is 13.3. The van der Waals surface area contributed by atoms with Gasteiger partial charge >= 0.3 is 0 Å². The first-order valence-electron chi connectivity index (χ1n) is 9.63. The summed E-state index contributed by atoms with van der Waals surface area (Å²) in [6.07, 6.45) is 0. The van der Waals surface area contributed by atoms with Crippen molar-refractivity contribution in [2.45, 2.75) is 11.8 Å². The van der Waals surface area contributed by atoms with E-state index in [0.29, 0.717) is 17.0 Å². The van der Waals surface area contributed by atoms with Gasteiger partial charge in [-0.3, -0.25) is 9.10 Å². The normalized spacial score (nSPS) is 11.7. The van der Waals surface area contributed by atoms with Crippen LogP contribution < -0.4 is 14.5 Å². The summed E-state index contributed by atoms with van der Waals surface area (Å²) in [4.78, 5) is 12.7. The third-order valence-electron chi connectivity index (χ3n) is 4.58. The number of benzene rings is 3. The molecular formula is C23H22FN3O4S. The summed E-state index contributed by atoms with van der Waals surface area (Å²) in [6.45, 7) is 1.12. The van der Waals surface area contributed by atoms with Gasteiger partial charge in [0.25, 0.3) is 15.9 Å². The van der Waals surface area contributed by atoms with Gasteiger partial charge in [0.2, 0.25) is 0 Å². The Kier molecular flexibility index (Phi) is 7.21. The van der Waals surface area contributed by atoms with Crippen LogP contribution in [-0.4, -0.2) is 33.7 Å². The molecule has 0 unspecified atom stereocenters. The third-order valence-corrected chi connectivity index (χ3v) is 6.36. The third kappa shape index (κ3) is 5.30. The average molecular weight is 456 g/mol. The molecule has 0 aromatic heterocycles. The zero-order chi connectivity index (χ0) is 23.1. The highest BCUT2D eigenvalue weighted by molar-refractivity contribution is 7.92. The van der Waals surface area contributed by atoms with Crippen LogP contribution in [0.5, 0.6) is 5.75 Å². The minimum absolute atomic E-state index is 0.0321. The second-order valence-corrected chi connectivity index (χ2v) is 8.60. The summed E-state index contributed by atoms with van der Waals surface area (Å²) in [6, 6.07) is 19.9. The molecule has 0 aliphatic carbocycles. The van der Waals surface area contributed by atoms with Crippen molar-refractivity contribution in [3.63, 3.8) is 0 Å². The molecule has 0 spiro atoms. The number of anilines is 1. The molecule has 3 aromatic rings. The summed E-state index contributed by atoms with van der Waals surface area (Å²) in [5.74, 6) is -0.744. The Morgan fingerprint density at radius 1 is 1.00 bits per heavy atom. The fraction of sp³-hybridized carbons (Fsp3) is 0.130. The second kappa shape index (κ2) is 10.1. The van der Waals surface area contributed by atoms with Crippen molar-refractivity contribution in [3.8, 4) is 5.75 Å². The number of para-hydroxylation sites is 2. The number of methoxy groups -OCH3 is 1. The first kappa shape index (κ1) is 23.0. The predicted molar refractivity (Wildman–Crippen MR) is 121 cm³/mol. The van der Waals surface area contributed by atoms with Crippen molar-refractivity contribution in [1.29, 1.82) is 0 Å². The molecule has 1 amide bonds. The summed E-state index contributed by atoms with van der Waals surface area (Å²) in [5.41, 5.74) is 3.64. The van der Waals surface area contributed by atoms with Crippen LogP contribution in [0.4, 0.5) is 10.1 Å². The SMILES string of the molecule is COc1ccccc1N(CC(=O)N/N=C(/C)c1ccc(F)cc1)S(=O)(=O)c1ccccc1. The van der Waals surface area contributed by atoms with Gasteiger partial charge in [-0.05, 0) is 48.9 Å². The zero-order valence-corrected chi connectivity index (χ0v) is 18.3. The smallest absolute Gasteiger partial charge is 0.264 e. The molecule has 9 heteroatoms. The fourth-order valence-corrected chi connectivity index (χ4v) is 4.38. The Bertz CT molecular complexity index is 1210. The number of hydrogen-bond donors (Lipinski definition) is 1. The number of carbonyl (C=O) groups excluding carboxylic acids is 1. The van der Waals surface area contributed by atoms with E-state index in [2.05, 4.69) is 10.5 Å². The molecular weight excluding hydrogens is 433 g/mol. The van der Waals surface area contributed by atoms with Gasteiger partial charge in [-0.1, -0.05) is 42.5 Å². The molecule has 32 heavy (non-hydrogen) atoms. The van der Waals surface area contributed by atoms with Crippen molar-refractivity contribution < 1.29 is 22.3 Å².